The van der Waals surface area contributed by atoms with Crippen molar-refractivity contribution >= 4 is 43.4 Å². The van der Waals surface area contributed by atoms with E-state index in [1.165, 1.54) is 60.3 Å². The largest absolute Gasteiger partial charge is 0.254 e. The Labute approximate surface area is 244 Å². The van der Waals surface area contributed by atoms with Crippen LogP contribution in [-0.4, -0.2) is 9.97 Å². The van der Waals surface area contributed by atoms with Crippen LogP contribution in [0.15, 0.2) is 134 Å². The molecule has 0 spiro atoms. The van der Waals surface area contributed by atoms with Gasteiger partial charge in [0.15, 0.2) is 0 Å². The van der Waals surface area contributed by atoms with E-state index in [0.717, 1.165) is 27.7 Å². The predicted molar refractivity (Wildman–Crippen MR) is 178 cm³/mol. The molecule has 198 valence electrons. The van der Waals surface area contributed by atoms with Gasteiger partial charge in [-0.15, -0.1) is 0 Å². The normalized spacial score (nSPS) is 11.6. The van der Waals surface area contributed by atoms with Crippen LogP contribution < -0.4 is 0 Å². The van der Waals surface area contributed by atoms with Gasteiger partial charge in [0.1, 0.15) is 0 Å². The first-order chi connectivity index (χ1) is 20.7. The van der Waals surface area contributed by atoms with Crippen LogP contribution in [0, 0.1) is 13.8 Å². The molecule has 8 aromatic rings. The van der Waals surface area contributed by atoms with Crippen molar-refractivity contribution in [2.75, 3.05) is 0 Å². The van der Waals surface area contributed by atoms with Gasteiger partial charge < -0.3 is 0 Å². The lowest BCUT2D eigenvalue weighted by atomic mass is 9.90. The van der Waals surface area contributed by atoms with E-state index in [1.54, 1.807) is 0 Å². The second-order valence-electron chi connectivity index (χ2n) is 11.1. The van der Waals surface area contributed by atoms with Gasteiger partial charge in [0.2, 0.25) is 0 Å². The molecule has 0 atom stereocenters. The van der Waals surface area contributed by atoms with Gasteiger partial charge in [-0.05, 0) is 80.9 Å². The summed E-state index contributed by atoms with van der Waals surface area (Å²) in [7, 11) is 0. The highest BCUT2D eigenvalue weighted by atomic mass is 14.8. The van der Waals surface area contributed by atoms with Crippen LogP contribution in [0.25, 0.3) is 76.9 Å². The van der Waals surface area contributed by atoms with Gasteiger partial charge in [0.05, 0.1) is 16.7 Å². The lowest BCUT2D eigenvalue weighted by Crippen LogP contribution is -1.94. The molecule has 2 aromatic heterocycles. The summed E-state index contributed by atoms with van der Waals surface area (Å²) < 4.78 is 0. The van der Waals surface area contributed by atoms with Crippen molar-refractivity contribution in [3.63, 3.8) is 0 Å². The van der Waals surface area contributed by atoms with Crippen molar-refractivity contribution in [2.24, 2.45) is 0 Å². The number of hydrogen-bond donors (Lipinski definition) is 0. The molecular weight excluding hydrogens is 508 g/mol. The Morgan fingerprint density at radius 2 is 1.00 bits per heavy atom. The summed E-state index contributed by atoms with van der Waals surface area (Å²) in [6, 6.07) is 45.8. The van der Waals surface area contributed by atoms with E-state index in [4.69, 9.17) is 9.97 Å². The SMILES string of the molecule is Cc1c(C)c2ccc(-c3ccc(-c4ccc(-c5cccc6ccccc56)c5ccccc45)cc3)nc2c2ncccc12. The van der Waals surface area contributed by atoms with Crippen LogP contribution in [-0.2, 0) is 0 Å². The highest BCUT2D eigenvalue weighted by Crippen LogP contribution is 2.39. The number of aryl methyl sites for hydroxylation is 2. The number of rotatable bonds is 3. The van der Waals surface area contributed by atoms with Crippen molar-refractivity contribution in [2.45, 2.75) is 13.8 Å². The van der Waals surface area contributed by atoms with Gasteiger partial charge in [-0.1, -0.05) is 115 Å². The van der Waals surface area contributed by atoms with E-state index >= 15 is 0 Å². The Kier molecular flexibility index (Phi) is 5.61. The maximum Gasteiger partial charge on any atom is 0.0974 e. The predicted octanol–water partition coefficient (Wildman–Crippen LogP) is 10.7. The first-order valence-corrected chi connectivity index (χ1v) is 14.4. The van der Waals surface area contributed by atoms with E-state index in [1.807, 2.05) is 12.3 Å². The van der Waals surface area contributed by atoms with E-state index in [9.17, 15) is 0 Å². The lowest BCUT2D eigenvalue weighted by molar-refractivity contribution is 1.33. The molecule has 0 bridgehead atoms. The van der Waals surface area contributed by atoms with Crippen LogP contribution in [0.5, 0.6) is 0 Å². The Hall–Kier alpha value is -5.34. The first-order valence-electron chi connectivity index (χ1n) is 14.4. The summed E-state index contributed by atoms with van der Waals surface area (Å²) in [6.07, 6.45) is 1.86. The highest BCUT2D eigenvalue weighted by Gasteiger charge is 2.14. The molecule has 0 aliphatic carbocycles. The monoisotopic (exact) mass is 536 g/mol. The average molecular weight is 537 g/mol. The molecule has 42 heavy (non-hydrogen) atoms. The molecule has 0 fully saturated rings. The van der Waals surface area contributed by atoms with Crippen LogP contribution in [0.3, 0.4) is 0 Å². The number of benzene rings is 6. The fourth-order valence-electron chi connectivity index (χ4n) is 6.47. The van der Waals surface area contributed by atoms with E-state index in [2.05, 4.69) is 135 Å². The Bertz CT molecular complexity index is 2310. The minimum Gasteiger partial charge on any atom is -0.254 e. The summed E-state index contributed by atoms with van der Waals surface area (Å²) in [6.45, 7) is 4.35. The van der Waals surface area contributed by atoms with E-state index in [-0.39, 0.29) is 0 Å². The minimum absolute atomic E-state index is 0.959. The van der Waals surface area contributed by atoms with Crippen LogP contribution in [0.1, 0.15) is 11.1 Å². The smallest absolute Gasteiger partial charge is 0.0974 e. The van der Waals surface area contributed by atoms with Gasteiger partial charge >= 0.3 is 0 Å². The average Bonchev–Trinajstić information content (AvgIpc) is 3.06. The third-order valence-electron chi connectivity index (χ3n) is 8.79. The number of fused-ring (bicyclic) bond motifs is 5. The van der Waals surface area contributed by atoms with Crippen molar-refractivity contribution < 1.29 is 0 Å². The molecule has 0 saturated heterocycles. The number of hydrogen-bond acceptors (Lipinski definition) is 2. The van der Waals surface area contributed by atoms with Gasteiger partial charge in [-0.25, -0.2) is 4.98 Å². The Morgan fingerprint density at radius 3 is 1.81 bits per heavy atom. The summed E-state index contributed by atoms with van der Waals surface area (Å²) in [4.78, 5) is 9.85. The molecule has 0 unspecified atom stereocenters. The molecule has 0 saturated carbocycles. The van der Waals surface area contributed by atoms with Crippen molar-refractivity contribution in [3.05, 3.63) is 145 Å². The van der Waals surface area contributed by atoms with Gasteiger partial charge in [-0.3, -0.25) is 4.98 Å². The summed E-state index contributed by atoms with van der Waals surface area (Å²) in [5, 5.41) is 7.38. The maximum atomic E-state index is 5.14. The Balaban J connectivity index is 1.23. The zero-order chi connectivity index (χ0) is 28.2. The molecule has 0 N–H and O–H groups in total. The molecule has 2 heterocycles. The Morgan fingerprint density at radius 1 is 0.405 bits per heavy atom. The van der Waals surface area contributed by atoms with Crippen LogP contribution in [0.2, 0.25) is 0 Å². The molecule has 6 aromatic carbocycles. The second-order valence-corrected chi connectivity index (χ2v) is 11.1. The third-order valence-corrected chi connectivity index (χ3v) is 8.79. The second kappa shape index (κ2) is 9.64. The van der Waals surface area contributed by atoms with Crippen molar-refractivity contribution in [3.8, 4) is 33.5 Å². The number of aromatic nitrogens is 2. The quantitative estimate of drug-likeness (QED) is 0.210. The van der Waals surface area contributed by atoms with Crippen LogP contribution in [0.4, 0.5) is 0 Å². The molecule has 2 nitrogen and oxygen atoms in total. The molecule has 0 aliphatic rings. The molecule has 2 heteroatoms. The van der Waals surface area contributed by atoms with Gasteiger partial charge in [0.25, 0.3) is 0 Å². The lowest BCUT2D eigenvalue weighted by Gasteiger charge is -2.14. The standard InChI is InChI=1S/C40H28N2/c1-25-26(2)31-22-23-38(42-40(31)39-30(25)15-8-24-41-39)29-18-16-28(17-19-29)33-20-21-37(36-13-6-5-12-34(33)36)35-14-7-10-27-9-3-4-11-32(27)35/h3-24H,1-2H3. The van der Waals surface area contributed by atoms with Crippen LogP contribution >= 0.6 is 0 Å². The van der Waals surface area contributed by atoms with Gasteiger partial charge in [0, 0.05) is 22.5 Å². The highest BCUT2D eigenvalue weighted by molar-refractivity contribution is 6.10. The van der Waals surface area contributed by atoms with Gasteiger partial charge in [-0.2, -0.15) is 0 Å². The first kappa shape index (κ1) is 24.5. The topological polar surface area (TPSA) is 25.8 Å². The maximum absolute atomic E-state index is 5.14. The summed E-state index contributed by atoms with van der Waals surface area (Å²) >= 11 is 0. The summed E-state index contributed by atoms with van der Waals surface area (Å²) in [5.74, 6) is 0. The number of nitrogens with zero attached hydrogens (tertiary/aromatic N) is 2. The number of pyridine rings is 2. The third kappa shape index (κ3) is 3.80. The van der Waals surface area contributed by atoms with Crippen molar-refractivity contribution in [1.82, 2.24) is 9.97 Å². The van der Waals surface area contributed by atoms with Crippen molar-refractivity contribution in [1.29, 1.82) is 0 Å². The zero-order valence-corrected chi connectivity index (χ0v) is 23.6. The molecule has 0 radical (unpaired) electrons. The van der Waals surface area contributed by atoms with E-state index in [0.29, 0.717) is 0 Å². The molecule has 0 aliphatic heterocycles. The van der Waals surface area contributed by atoms with E-state index < -0.39 is 0 Å². The molecule has 0 amide bonds. The molecule has 8 rings (SSSR count). The fourth-order valence-corrected chi connectivity index (χ4v) is 6.47. The molecular formula is C40H28N2. The summed E-state index contributed by atoms with van der Waals surface area (Å²) in [5.41, 5.74) is 11.5. The zero-order valence-electron chi connectivity index (χ0n) is 23.6. The fraction of sp³-hybridized carbons (Fsp3) is 0.0500. The minimum atomic E-state index is 0.959.